The van der Waals surface area contributed by atoms with E-state index in [1.807, 2.05) is 56.3 Å². The van der Waals surface area contributed by atoms with Crippen molar-refractivity contribution in [2.75, 3.05) is 13.7 Å². The zero-order valence-corrected chi connectivity index (χ0v) is 18.1. The Kier molecular flexibility index (Phi) is 7.53. The second kappa shape index (κ2) is 10.1. The van der Waals surface area contributed by atoms with Gasteiger partial charge in [-0.15, -0.1) is 0 Å². The summed E-state index contributed by atoms with van der Waals surface area (Å²) in [5.41, 5.74) is 2.21. The number of halogens is 1. The first-order valence-corrected chi connectivity index (χ1v) is 10.5. The molecule has 2 aromatic rings. The van der Waals surface area contributed by atoms with Gasteiger partial charge in [0.15, 0.2) is 0 Å². The number of benzene rings is 2. The molecule has 3 rings (SSSR count). The highest BCUT2D eigenvalue weighted by Gasteiger charge is 2.36. The van der Waals surface area contributed by atoms with E-state index in [9.17, 15) is 4.79 Å². The maximum absolute atomic E-state index is 12.8. The zero-order chi connectivity index (χ0) is 20.8. The Morgan fingerprint density at radius 3 is 2.76 bits per heavy atom. The molecule has 0 bridgehead atoms. The van der Waals surface area contributed by atoms with E-state index in [1.54, 1.807) is 7.11 Å². The topological polar surface area (TPSA) is 53.6 Å². The van der Waals surface area contributed by atoms with Gasteiger partial charge in [0.2, 0.25) is 5.91 Å². The molecule has 0 spiro atoms. The molecule has 1 saturated heterocycles. The molecule has 0 radical (unpaired) electrons. The van der Waals surface area contributed by atoms with Gasteiger partial charge in [-0.2, -0.15) is 0 Å². The third-order valence-corrected chi connectivity index (χ3v) is 5.57. The van der Waals surface area contributed by atoms with Gasteiger partial charge in [-0.1, -0.05) is 41.9 Å². The van der Waals surface area contributed by atoms with Gasteiger partial charge in [-0.3, -0.25) is 9.69 Å². The van der Waals surface area contributed by atoms with E-state index in [1.165, 1.54) is 0 Å². The Labute approximate surface area is 178 Å². The summed E-state index contributed by atoms with van der Waals surface area (Å²) in [6.45, 7) is 6.17. The van der Waals surface area contributed by atoms with Gasteiger partial charge in [0.25, 0.3) is 0 Å². The van der Waals surface area contributed by atoms with Crippen molar-refractivity contribution in [3.05, 3.63) is 64.7 Å². The fourth-order valence-electron chi connectivity index (χ4n) is 3.77. The van der Waals surface area contributed by atoms with Crippen LogP contribution in [-0.4, -0.2) is 42.6 Å². The van der Waals surface area contributed by atoms with Crippen molar-refractivity contribution in [3.8, 4) is 5.75 Å². The molecule has 0 unspecified atom stereocenters. The Morgan fingerprint density at radius 2 is 2.03 bits per heavy atom. The molecule has 6 heteroatoms. The molecule has 29 heavy (non-hydrogen) atoms. The summed E-state index contributed by atoms with van der Waals surface area (Å²) in [7, 11) is 1.67. The molecule has 1 amide bonds. The Morgan fingerprint density at radius 1 is 1.24 bits per heavy atom. The number of nitrogens with zero attached hydrogens (tertiary/aromatic N) is 1. The van der Waals surface area contributed by atoms with E-state index >= 15 is 0 Å². The minimum atomic E-state index is -0.170. The van der Waals surface area contributed by atoms with Crippen LogP contribution >= 0.6 is 11.6 Å². The van der Waals surface area contributed by atoms with Crippen molar-refractivity contribution in [1.29, 1.82) is 0 Å². The molecule has 2 N–H and O–H groups in total. The van der Waals surface area contributed by atoms with Crippen LogP contribution in [0.2, 0.25) is 5.02 Å². The summed E-state index contributed by atoms with van der Waals surface area (Å²) >= 11 is 6.37. The molecule has 2 atom stereocenters. The normalized spacial score (nSPS) is 19.5. The number of ether oxygens (including phenoxy) is 1. The number of methoxy groups -OCH3 is 1. The first kappa shape index (κ1) is 21.6. The highest BCUT2D eigenvalue weighted by atomic mass is 35.5. The Balaban J connectivity index is 1.68. The van der Waals surface area contributed by atoms with Crippen LogP contribution in [0.3, 0.4) is 0 Å². The van der Waals surface area contributed by atoms with Gasteiger partial charge in [0, 0.05) is 36.7 Å². The maximum atomic E-state index is 12.8. The monoisotopic (exact) mass is 415 g/mol. The highest BCUT2D eigenvalue weighted by Crippen LogP contribution is 2.25. The second-order valence-electron chi connectivity index (χ2n) is 7.86. The third kappa shape index (κ3) is 5.95. The number of carbonyl (C=O) groups is 1. The van der Waals surface area contributed by atoms with Crippen LogP contribution in [-0.2, 0) is 17.9 Å². The molecule has 2 aromatic carbocycles. The third-order valence-electron chi connectivity index (χ3n) is 5.20. The number of carbonyl (C=O) groups excluding carboxylic acids is 1. The smallest absolute Gasteiger partial charge is 0.237 e. The summed E-state index contributed by atoms with van der Waals surface area (Å²) in [6.07, 6.45) is 0.771. The lowest BCUT2D eigenvalue weighted by molar-refractivity contribution is -0.126. The molecule has 1 aliphatic heterocycles. The van der Waals surface area contributed by atoms with Crippen molar-refractivity contribution >= 4 is 17.5 Å². The summed E-state index contributed by atoms with van der Waals surface area (Å²) < 4.78 is 5.31. The number of amides is 1. The first-order chi connectivity index (χ1) is 14.0. The van der Waals surface area contributed by atoms with Gasteiger partial charge in [-0.25, -0.2) is 0 Å². The highest BCUT2D eigenvalue weighted by molar-refractivity contribution is 6.31. The molecule has 0 aliphatic carbocycles. The van der Waals surface area contributed by atoms with E-state index in [0.29, 0.717) is 6.54 Å². The number of nitrogens with one attached hydrogen (secondary N) is 2. The van der Waals surface area contributed by atoms with Crippen LogP contribution < -0.4 is 15.4 Å². The van der Waals surface area contributed by atoms with Crippen LogP contribution in [0.15, 0.2) is 48.5 Å². The first-order valence-electron chi connectivity index (χ1n) is 10.1. The summed E-state index contributed by atoms with van der Waals surface area (Å²) in [5, 5.41) is 7.41. The lowest BCUT2D eigenvalue weighted by atomic mass is 10.1. The summed E-state index contributed by atoms with van der Waals surface area (Å²) in [6, 6.07) is 16.1. The quantitative estimate of drug-likeness (QED) is 0.691. The van der Waals surface area contributed by atoms with E-state index in [0.717, 1.165) is 41.4 Å². The van der Waals surface area contributed by atoms with E-state index < -0.39 is 0 Å². The van der Waals surface area contributed by atoms with Gasteiger partial charge in [0.05, 0.1) is 13.2 Å². The van der Waals surface area contributed by atoms with Gasteiger partial charge >= 0.3 is 0 Å². The fraction of sp³-hybridized carbons (Fsp3) is 0.435. The minimum absolute atomic E-state index is 0.0812. The van der Waals surface area contributed by atoms with Gasteiger partial charge in [-0.05, 0) is 49.6 Å². The number of likely N-dealkylation sites (tertiary alicyclic amines) is 1. The van der Waals surface area contributed by atoms with Crippen LogP contribution in [0.25, 0.3) is 0 Å². The van der Waals surface area contributed by atoms with E-state index in [-0.39, 0.29) is 24.0 Å². The summed E-state index contributed by atoms with van der Waals surface area (Å²) in [4.78, 5) is 15.0. The number of rotatable bonds is 8. The van der Waals surface area contributed by atoms with Crippen molar-refractivity contribution in [3.63, 3.8) is 0 Å². The molecule has 1 heterocycles. The van der Waals surface area contributed by atoms with Crippen LogP contribution in [0.1, 0.15) is 31.4 Å². The number of hydrogen-bond acceptors (Lipinski definition) is 4. The van der Waals surface area contributed by atoms with Crippen LogP contribution in [0.4, 0.5) is 0 Å². The average Bonchev–Trinajstić information content (AvgIpc) is 3.11. The molecule has 1 aliphatic rings. The molecule has 5 nitrogen and oxygen atoms in total. The van der Waals surface area contributed by atoms with Gasteiger partial charge in [0.1, 0.15) is 5.75 Å². The minimum Gasteiger partial charge on any atom is -0.497 e. The lowest BCUT2D eigenvalue weighted by Gasteiger charge is -2.24. The second-order valence-corrected chi connectivity index (χ2v) is 8.27. The molecular weight excluding hydrogens is 386 g/mol. The molecule has 0 saturated carbocycles. The predicted molar refractivity (Wildman–Crippen MR) is 117 cm³/mol. The van der Waals surface area contributed by atoms with E-state index in [2.05, 4.69) is 21.6 Å². The molecular formula is C23H30ClN3O2. The van der Waals surface area contributed by atoms with Crippen molar-refractivity contribution in [1.82, 2.24) is 15.5 Å². The number of hydrogen-bond donors (Lipinski definition) is 2. The average molecular weight is 416 g/mol. The largest absolute Gasteiger partial charge is 0.497 e. The van der Waals surface area contributed by atoms with Crippen LogP contribution in [0.5, 0.6) is 5.75 Å². The SMILES string of the molecule is COc1cccc(CN[C@@H]2C[C@@H](C(=O)NC(C)C)N(Cc3ccccc3Cl)C2)c1. The van der Waals surface area contributed by atoms with Gasteiger partial charge < -0.3 is 15.4 Å². The van der Waals surface area contributed by atoms with Crippen molar-refractivity contribution < 1.29 is 9.53 Å². The zero-order valence-electron chi connectivity index (χ0n) is 17.3. The summed E-state index contributed by atoms with van der Waals surface area (Å²) in [5.74, 6) is 0.933. The lowest BCUT2D eigenvalue weighted by Crippen LogP contribution is -2.45. The molecule has 1 fully saturated rings. The molecule has 156 valence electrons. The predicted octanol–water partition coefficient (Wildman–Crippen LogP) is 3.61. The fourth-order valence-corrected chi connectivity index (χ4v) is 3.97. The van der Waals surface area contributed by atoms with E-state index in [4.69, 9.17) is 16.3 Å². The van der Waals surface area contributed by atoms with Crippen LogP contribution in [0, 0.1) is 0 Å². The standard InChI is InChI=1S/C23H30ClN3O2/c1-16(2)26-23(28)22-12-19(25-13-17-7-6-9-20(11-17)29-3)15-27(22)14-18-8-4-5-10-21(18)24/h4-11,16,19,22,25H,12-15H2,1-3H3,(H,26,28)/t19-,22+/m1/s1. The Bertz CT molecular complexity index is 827. The Hall–Kier alpha value is -2.08. The maximum Gasteiger partial charge on any atom is 0.237 e. The molecule has 0 aromatic heterocycles. The van der Waals surface area contributed by atoms with Crippen molar-refractivity contribution in [2.24, 2.45) is 0 Å². The van der Waals surface area contributed by atoms with Crippen molar-refractivity contribution in [2.45, 2.75) is 51.5 Å².